The van der Waals surface area contributed by atoms with Gasteiger partial charge in [-0.2, -0.15) is 0 Å². The molecule has 1 unspecified atom stereocenters. The molecule has 1 aliphatic heterocycles. The maximum Gasteiger partial charge on any atom is 0.457 e. The Balaban J connectivity index is 2.05. The van der Waals surface area contributed by atoms with E-state index < -0.39 is 13.9 Å². The van der Waals surface area contributed by atoms with Gasteiger partial charge in [0.05, 0.1) is 24.2 Å². The van der Waals surface area contributed by atoms with Gasteiger partial charge in [0.15, 0.2) is 8.32 Å². The zero-order valence-corrected chi connectivity index (χ0v) is 23.9. The molecule has 2 rings (SSSR count). The lowest BCUT2D eigenvalue weighted by molar-refractivity contribution is -0.156. The third-order valence-electron chi connectivity index (χ3n) is 7.91. The van der Waals surface area contributed by atoms with Crippen LogP contribution in [0.5, 0.6) is 0 Å². The number of hydrogen-bond donors (Lipinski definition) is 0. The van der Waals surface area contributed by atoms with E-state index in [-0.39, 0.29) is 47.8 Å². The van der Waals surface area contributed by atoms with E-state index in [2.05, 4.69) is 61.6 Å². The Bertz CT molecular complexity index is 666. The van der Waals surface area contributed by atoms with Crippen LogP contribution in [0.15, 0.2) is 0 Å². The van der Waals surface area contributed by atoms with E-state index in [0.29, 0.717) is 5.92 Å². The van der Waals surface area contributed by atoms with E-state index in [9.17, 15) is 4.79 Å². The molecule has 1 heterocycles. The highest BCUT2D eigenvalue weighted by Gasteiger charge is 2.55. The fourth-order valence-corrected chi connectivity index (χ4v) is 6.11. The number of carbonyl (C=O) groups excluding carboxylic acids is 1. The average molecular weight is 469 g/mol. The average Bonchev–Trinajstić information content (AvgIpc) is 2.84. The number of esters is 1. The molecule has 186 valence electrons. The van der Waals surface area contributed by atoms with Crippen LogP contribution in [0, 0.1) is 11.3 Å². The van der Waals surface area contributed by atoms with Gasteiger partial charge < -0.3 is 18.5 Å². The SMILES string of the molecule is C[C@H]1C[C@H]2OB(CCC(CC(=O)OC(C)(C)C)O[Si](C)(C)C(C)(C)C)O[C@@]2(C)CC1(C)C. The highest BCUT2D eigenvalue weighted by Crippen LogP contribution is 2.51. The largest absolute Gasteiger partial charge is 0.460 e. The first kappa shape index (κ1) is 27.9. The third kappa shape index (κ3) is 7.07. The van der Waals surface area contributed by atoms with Crippen LogP contribution in [0.25, 0.3) is 0 Å². The Morgan fingerprint density at radius 2 is 1.75 bits per heavy atom. The van der Waals surface area contributed by atoms with Gasteiger partial charge in [0.2, 0.25) is 0 Å². The molecule has 0 spiro atoms. The van der Waals surface area contributed by atoms with E-state index in [1.165, 1.54) is 0 Å². The Kier molecular flexibility index (Phi) is 8.14. The van der Waals surface area contributed by atoms with Crippen molar-refractivity contribution in [2.45, 2.75) is 143 Å². The van der Waals surface area contributed by atoms with Crippen LogP contribution in [0.3, 0.4) is 0 Å². The topological polar surface area (TPSA) is 54.0 Å². The molecule has 2 fully saturated rings. The minimum absolute atomic E-state index is 0.0731. The van der Waals surface area contributed by atoms with E-state index in [0.717, 1.165) is 25.6 Å². The van der Waals surface area contributed by atoms with E-state index in [1.54, 1.807) is 0 Å². The Morgan fingerprint density at radius 1 is 1.16 bits per heavy atom. The van der Waals surface area contributed by atoms with E-state index in [1.807, 2.05) is 20.8 Å². The molecule has 0 aromatic carbocycles. The second-order valence-electron chi connectivity index (χ2n) is 13.7. The number of fused-ring (bicyclic) bond motifs is 1. The normalized spacial score (nSPS) is 29.6. The highest BCUT2D eigenvalue weighted by molar-refractivity contribution is 6.74. The monoisotopic (exact) mass is 468 g/mol. The molecule has 2 aliphatic rings. The summed E-state index contributed by atoms with van der Waals surface area (Å²) in [6.45, 7) is 26.0. The van der Waals surface area contributed by atoms with Crippen molar-refractivity contribution in [2.24, 2.45) is 11.3 Å². The molecule has 7 heteroatoms. The summed E-state index contributed by atoms with van der Waals surface area (Å²) in [7, 11) is -2.27. The van der Waals surface area contributed by atoms with Gasteiger partial charge in [-0.15, -0.1) is 0 Å². The first-order chi connectivity index (χ1) is 14.2. The predicted octanol–water partition coefficient (Wildman–Crippen LogP) is 6.62. The van der Waals surface area contributed by atoms with Gasteiger partial charge in [-0.05, 0) is 82.7 Å². The van der Waals surface area contributed by atoms with E-state index >= 15 is 0 Å². The highest BCUT2D eigenvalue weighted by atomic mass is 28.4. The lowest BCUT2D eigenvalue weighted by Gasteiger charge is -2.47. The molecule has 0 N–H and O–H groups in total. The Hall–Kier alpha value is -0.368. The third-order valence-corrected chi connectivity index (χ3v) is 12.4. The van der Waals surface area contributed by atoms with Crippen LogP contribution in [0.1, 0.15) is 94.9 Å². The quantitative estimate of drug-likeness (QED) is 0.311. The molecule has 32 heavy (non-hydrogen) atoms. The Labute approximate surface area is 198 Å². The molecular weight excluding hydrogens is 419 g/mol. The lowest BCUT2D eigenvalue weighted by Crippen LogP contribution is -2.49. The fourth-order valence-electron chi connectivity index (χ4n) is 4.72. The fraction of sp³-hybridized carbons (Fsp3) is 0.960. The maximum atomic E-state index is 12.6. The molecule has 4 atom stereocenters. The molecule has 0 radical (unpaired) electrons. The van der Waals surface area contributed by atoms with Gasteiger partial charge in [-0.25, -0.2) is 0 Å². The van der Waals surface area contributed by atoms with Crippen molar-refractivity contribution in [1.82, 2.24) is 0 Å². The van der Waals surface area contributed by atoms with Crippen LogP contribution in [-0.2, 0) is 23.3 Å². The lowest BCUT2D eigenvalue weighted by atomic mass is 9.63. The molecule has 1 aliphatic carbocycles. The summed E-state index contributed by atoms with van der Waals surface area (Å²) in [5.74, 6) is 0.399. The molecule has 0 aromatic rings. The first-order valence-electron chi connectivity index (χ1n) is 12.5. The summed E-state index contributed by atoms with van der Waals surface area (Å²) in [4.78, 5) is 12.6. The summed E-state index contributed by atoms with van der Waals surface area (Å²) in [5, 5.41) is 0.0731. The number of ether oxygens (including phenoxy) is 1. The number of rotatable bonds is 7. The minimum Gasteiger partial charge on any atom is -0.460 e. The van der Waals surface area contributed by atoms with Gasteiger partial charge >= 0.3 is 13.1 Å². The van der Waals surface area contributed by atoms with E-state index in [4.69, 9.17) is 18.5 Å². The predicted molar refractivity (Wildman–Crippen MR) is 134 cm³/mol. The molecule has 0 aromatic heterocycles. The second kappa shape index (κ2) is 9.35. The smallest absolute Gasteiger partial charge is 0.457 e. The van der Waals surface area contributed by atoms with Gasteiger partial charge in [0.25, 0.3) is 0 Å². The molecule has 5 nitrogen and oxygen atoms in total. The van der Waals surface area contributed by atoms with Crippen molar-refractivity contribution in [3.63, 3.8) is 0 Å². The summed E-state index contributed by atoms with van der Waals surface area (Å²) in [5.41, 5.74) is -0.486. The van der Waals surface area contributed by atoms with Crippen molar-refractivity contribution in [1.29, 1.82) is 0 Å². The van der Waals surface area contributed by atoms with Crippen molar-refractivity contribution in [3.05, 3.63) is 0 Å². The first-order valence-corrected chi connectivity index (χ1v) is 15.4. The number of carbonyl (C=O) groups is 1. The molecule has 1 saturated heterocycles. The van der Waals surface area contributed by atoms with Crippen LogP contribution < -0.4 is 0 Å². The maximum absolute atomic E-state index is 12.6. The van der Waals surface area contributed by atoms with Crippen LogP contribution in [0.2, 0.25) is 24.5 Å². The Morgan fingerprint density at radius 3 is 2.28 bits per heavy atom. The molecule has 0 amide bonds. The molecule has 1 saturated carbocycles. The summed E-state index contributed by atoms with van der Waals surface area (Å²) in [6.07, 6.45) is 3.69. The van der Waals surface area contributed by atoms with Crippen LogP contribution in [-0.4, -0.2) is 44.8 Å². The van der Waals surface area contributed by atoms with Crippen molar-refractivity contribution in [2.75, 3.05) is 0 Å². The summed E-state index contributed by atoms with van der Waals surface area (Å²) in [6, 6.07) is 0. The summed E-state index contributed by atoms with van der Waals surface area (Å²) >= 11 is 0. The second-order valence-corrected chi connectivity index (χ2v) is 18.4. The standard InChI is InChI=1S/C25H49BO5Si/c1-18-15-20-25(10,17-24(18,8)9)31-26(29-20)14-13-19(16-21(27)28-22(2,3)4)30-32(11,12)23(5,6)7/h18-20H,13-17H2,1-12H3/t18-,19?,20+,25-/m0/s1. The zero-order chi connectivity index (χ0) is 24.8. The van der Waals surface area contributed by atoms with Crippen molar-refractivity contribution in [3.8, 4) is 0 Å². The van der Waals surface area contributed by atoms with Gasteiger partial charge in [0, 0.05) is 0 Å². The van der Waals surface area contributed by atoms with Gasteiger partial charge in [0.1, 0.15) is 5.60 Å². The van der Waals surface area contributed by atoms with Crippen molar-refractivity contribution < 1.29 is 23.3 Å². The molecule has 0 bridgehead atoms. The van der Waals surface area contributed by atoms with Gasteiger partial charge in [-0.3, -0.25) is 4.79 Å². The zero-order valence-electron chi connectivity index (χ0n) is 22.9. The number of hydrogen-bond acceptors (Lipinski definition) is 5. The molecular formula is C25H49BO5Si. The summed E-state index contributed by atoms with van der Waals surface area (Å²) < 4.78 is 25.1. The minimum atomic E-state index is -2.03. The van der Waals surface area contributed by atoms with Crippen LogP contribution in [0.4, 0.5) is 0 Å². The van der Waals surface area contributed by atoms with Crippen molar-refractivity contribution >= 4 is 21.4 Å². The van der Waals surface area contributed by atoms with Crippen LogP contribution >= 0.6 is 0 Å². The van der Waals surface area contributed by atoms with Gasteiger partial charge in [-0.1, -0.05) is 41.5 Å².